The molecule has 1 amide bonds. The highest BCUT2D eigenvalue weighted by molar-refractivity contribution is 6.30. The number of benzene rings is 1. The highest BCUT2D eigenvalue weighted by Crippen LogP contribution is 2.17. The van der Waals surface area contributed by atoms with Crippen molar-refractivity contribution >= 4 is 17.5 Å². The maximum atomic E-state index is 12.0. The van der Waals surface area contributed by atoms with Gasteiger partial charge in [0, 0.05) is 18.1 Å². The Hall–Kier alpha value is -2.01. The first-order valence-electron chi connectivity index (χ1n) is 6.13. The molecule has 5 nitrogen and oxygen atoms in total. The largest absolute Gasteiger partial charge is 0.492 e. The summed E-state index contributed by atoms with van der Waals surface area (Å²) in [6, 6.07) is 8.73. The summed E-state index contributed by atoms with van der Waals surface area (Å²) >= 11 is 5.86. The molecule has 0 bridgehead atoms. The monoisotopic (exact) mass is 294 g/mol. The molecule has 0 unspecified atom stereocenters. The first-order chi connectivity index (χ1) is 9.56. The van der Waals surface area contributed by atoms with Crippen LogP contribution in [0.2, 0.25) is 5.02 Å². The molecule has 1 aromatic heterocycles. The van der Waals surface area contributed by atoms with Gasteiger partial charge in [-0.3, -0.25) is 4.79 Å². The number of hydrogen-bond donors (Lipinski definition) is 0. The molecule has 0 aliphatic carbocycles. The third-order valence-electron chi connectivity index (χ3n) is 2.69. The van der Waals surface area contributed by atoms with E-state index in [1.54, 1.807) is 32.2 Å². The van der Waals surface area contributed by atoms with Crippen LogP contribution in [0.25, 0.3) is 0 Å². The third kappa shape index (κ3) is 3.74. The lowest BCUT2D eigenvalue weighted by Crippen LogP contribution is -2.31. The molecule has 0 saturated heterocycles. The summed E-state index contributed by atoms with van der Waals surface area (Å²) in [5.74, 6) is 1.09. The van der Waals surface area contributed by atoms with Crippen molar-refractivity contribution in [2.75, 3.05) is 20.2 Å². The molecule has 1 aromatic carbocycles. The molecular formula is C14H15ClN2O3. The number of ether oxygens (including phenoxy) is 1. The fraction of sp³-hybridized carbons (Fsp3) is 0.286. The van der Waals surface area contributed by atoms with Crippen molar-refractivity contribution in [1.82, 2.24) is 10.1 Å². The van der Waals surface area contributed by atoms with E-state index >= 15 is 0 Å². The second-order valence-electron chi connectivity index (χ2n) is 4.36. The number of aryl methyl sites for hydroxylation is 1. The van der Waals surface area contributed by atoms with Gasteiger partial charge in [-0.1, -0.05) is 22.8 Å². The van der Waals surface area contributed by atoms with Gasteiger partial charge < -0.3 is 14.2 Å². The van der Waals surface area contributed by atoms with Crippen LogP contribution in [0.1, 0.15) is 16.2 Å². The molecule has 0 fully saturated rings. The van der Waals surface area contributed by atoms with Crippen LogP contribution in [-0.4, -0.2) is 36.2 Å². The number of amides is 1. The van der Waals surface area contributed by atoms with Crippen molar-refractivity contribution in [3.05, 3.63) is 46.8 Å². The summed E-state index contributed by atoms with van der Waals surface area (Å²) in [6.07, 6.45) is 0. The molecule has 0 radical (unpaired) electrons. The Bertz CT molecular complexity index is 598. The predicted molar refractivity (Wildman–Crippen MR) is 75.1 cm³/mol. The van der Waals surface area contributed by atoms with Crippen LogP contribution in [-0.2, 0) is 0 Å². The van der Waals surface area contributed by atoms with Gasteiger partial charge in [-0.2, -0.15) is 0 Å². The predicted octanol–water partition coefficient (Wildman–Crippen LogP) is 2.79. The number of hydrogen-bond acceptors (Lipinski definition) is 4. The lowest BCUT2D eigenvalue weighted by molar-refractivity contribution is 0.0763. The van der Waals surface area contributed by atoms with Gasteiger partial charge in [-0.15, -0.1) is 0 Å². The Kier molecular flexibility index (Phi) is 4.63. The van der Waals surface area contributed by atoms with E-state index in [2.05, 4.69) is 5.16 Å². The first-order valence-corrected chi connectivity index (χ1v) is 6.51. The zero-order chi connectivity index (χ0) is 14.5. The van der Waals surface area contributed by atoms with Crippen LogP contribution >= 0.6 is 11.6 Å². The number of halogens is 1. The summed E-state index contributed by atoms with van der Waals surface area (Å²) in [6.45, 7) is 2.56. The van der Waals surface area contributed by atoms with E-state index in [9.17, 15) is 4.79 Å². The molecule has 2 aromatic rings. The van der Waals surface area contributed by atoms with E-state index in [1.165, 1.54) is 4.90 Å². The number of carbonyl (C=O) groups is 1. The fourth-order valence-corrected chi connectivity index (χ4v) is 1.80. The van der Waals surface area contributed by atoms with Gasteiger partial charge in [-0.25, -0.2) is 0 Å². The lowest BCUT2D eigenvalue weighted by atomic mass is 10.3. The molecule has 106 valence electrons. The summed E-state index contributed by atoms with van der Waals surface area (Å²) in [5, 5.41) is 4.31. The summed E-state index contributed by atoms with van der Waals surface area (Å²) in [4.78, 5) is 13.5. The minimum Gasteiger partial charge on any atom is -0.492 e. The SMILES string of the molecule is Cc1cc(C(=O)N(C)CCOc2cccc(Cl)c2)no1. The molecule has 0 aliphatic heterocycles. The number of rotatable bonds is 5. The van der Waals surface area contributed by atoms with Gasteiger partial charge in [0.15, 0.2) is 5.69 Å². The summed E-state index contributed by atoms with van der Waals surface area (Å²) in [7, 11) is 1.69. The minimum atomic E-state index is -0.198. The Labute approximate surface area is 122 Å². The molecule has 6 heteroatoms. The van der Waals surface area contributed by atoms with Crippen LogP contribution in [0.15, 0.2) is 34.9 Å². The Morgan fingerprint density at radius 3 is 2.90 bits per heavy atom. The summed E-state index contributed by atoms with van der Waals surface area (Å²) < 4.78 is 10.4. The Balaban J connectivity index is 1.83. The maximum Gasteiger partial charge on any atom is 0.275 e. The number of carbonyl (C=O) groups excluding carboxylic acids is 1. The van der Waals surface area contributed by atoms with E-state index in [4.69, 9.17) is 20.9 Å². The van der Waals surface area contributed by atoms with Crippen molar-refractivity contribution in [2.45, 2.75) is 6.92 Å². The number of likely N-dealkylation sites (N-methyl/N-ethyl adjacent to an activating group) is 1. The van der Waals surface area contributed by atoms with Crippen molar-refractivity contribution in [3.63, 3.8) is 0 Å². The van der Waals surface area contributed by atoms with Crippen LogP contribution < -0.4 is 4.74 Å². The standard InChI is InChI=1S/C14H15ClN2O3/c1-10-8-13(16-20-10)14(18)17(2)6-7-19-12-5-3-4-11(15)9-12/h3-5,8-9H,6-7H2,1-2H3. The topological polar surface area (TPSA) is 55.6 Å². The number of aromatic nitrogens is 1. The van der Waals surface area contributed by atoms with Crippen molar-refractivity contribution in [2.24, 2.45) is 0 Å². The highest BCUT2D eigenvalue weighted by Gasteiger charge is 2.15. The molecule has 0 N–H and O–H groups in total. The number of nitrogens with zero attached hydrogens (tertiary/aromatic N) is 2. The molecule has 0 saturated carbocycles. The zero-order valence-electron chi connectivity index (χ0n) is 11.3. The first kappa shape index (κ1) is 14.4. The van der Waals surface area contributed by atoms with E-state index in [0.717, 1.165) is 0 Å². The van der Waals surface area contributed by atoms with Gasteiger partial charge in [0.05, 0.1) is 6.54 Å². The molecule has 0 atom stereocenters. The normalized spacial score (nSPS) is 10.3. The van der Waals surface area contributed by atoms with Crippen LogP contribution in [0.3, 0.4) is 0 Å². The van der Waals surface area contributed by atoms with Gasteiger partial charge in [0.1, 0.15) is 18.1 Å². The Morgan fingerprint density at radius 1 is 1.45 bits per heavy atom. The van der Waals surface area contributed by atoms with E-state index in [1.807, 2.05) is 12.1 Å². The molecule has 2 rings (SSSR count). The van der Waals surface area contributed by atoms with Crippen molar-refractivity contribution in [3.8, 4) is 5.75 Å². The molecule has 20 heavy (non-hydrogen) atoms. The minimum absolute atomic E-state index is 0.198. The third-order valence-corrected chi connectivity index (χ3v) is 2.92. The Morgan fingerprint density at radius 2 is 2.25 bits per heavy atom. The highest BCUT2D eigenvalue weighted by atomic mass is 35.5. The van der Waals surface area contributed by atoms with E-state index in [0.29, 0.717) is 35.4 Å². The molecule has 0 aliphatic rings. The van der Waals surface area contributed by atoms with Crippen molar-refractivity contribution < 1.29 is 14.1 Å². The zero-order valence-corrected chi connectivity index (χ0v) is 12.1. The average Bonchev–Trinajstić information content (AvgIpc) is 2.84. The van der Waals surface area contributed by atoms with Gasteiger partial charge in [-0.05, 0) is 25.1 Å². The lowest BCUT2D eigenvalue weighted by Gasteiger charge is -2.16. The average molecular weight is 295 g/mol. The van der Waals surface area contributed by atoms with Crippen LogP contribution in [0.5, 0.6) is 5.75 Å². The van der Waals surface area contributed by atoms with Gasteiger partial charge in [0.2, 0.25) is 0 Å². The van der Waals surface area contributed by atoms with Crippen LogP contribution in [0.4, 0.5) is 0 Å². The van der Waals surface area contributed by atoms with E-state index < -0.39 is 0 Å². The quantitative estimate of drug-likeness (QED) is 0.851. The van der Waals surface area contributed by atoms with E-state index in [-0.39, 0.29) is 5.91 Å². The van der Waals surface area contributed by atoms with Gasteiger partial charge in [0.25, 0.3) is 5.91 Å². The van der Waals surface area contributed by atoms with Gasteiger partial charge >= 0.3 is 0 Å². The molecule has 1 heterocycles. The fourth-order valence-electron chi connectivity index (χ4n) is 1.62. The smallest absolute Gasteiger partial charge is 0.275 e. The second-order valence-corrected chi connectivity index (χ2v) is 4.79. The molecule has 0 spiro atoms. The molecular weight excluding hydrogens is 280 g/mol. The maximum absolute atomic E-state index is 12.0. The van der Waals surface area contributed by atoms with Crippen LogP contribution in [0, 0.1) is 6.92 Å². The summed E-state index contributed by atoms with van der Waals surface area (Å²) in [5.41, 5.74) is 0.299. The van der Waals surface area contributed by atoms with Crippen molar-refractivity contribution in [1.29, 1.82) is 0 Å². The second kappa shape index (κ2) is 6.43.